The Balaban J connectivity index is 1.65. The van der Waals surface area contributed by atoms with E-state index in [9.17, 15) is 14.4 Å². The number of methoxy groups -OCH3 is 1. The van der Waals surface area contributed by atoms with E-state index in [1.54, 1.807) is 70.4 Å². The monoisotopic (exact) mass is 726 g/mol. The molecule has 1 atom stereocenters. The molecule has 2 aromatic heterocycles. The minimum Gasteiger partial charge on any atom is -0.496 e. The Labute approximate surface area is 282 Å². The number of ether oxygens (including phenoxy) is 3. The number of thiazole rings is 1. The van der Waals surface area contributed by atoms with E-state index < -0.39 is 18.0 Å². The first-order valence-corrected chi connectivity index (χ1v) is 16.7. The maximum atomic E-state index is 14.1. The lowest BCUT2D eigenvalue weighted by molar-refractivity contribution is -0.139. The summed E-state index contributed by atoms with van der Waals surface area (Å²) in [6.07, 6.45) is 2.58. The molecule has 0 unspecified atom stereocenters. The molecule has 9 nitrogen and oxygen atoms in total. The molecule has 0 fully saturated rings. The van der Waals surface area contributed by atoms with Crippen LogP contribution in [0.2, 0.25) is 5.02 Å². The highest BCUT2D eigenvalue weighted by molar-refractivity contribution is 9.10. The summed E-state index contributed by atoms with van der Waals surface area (Å²) in [7, 11) is 1.57. The fourth-order valence-electron chi connectivity index (χ4n) is 5.17. The molecule has 1 aliphatic heterocycles. The Kier molecular flexibility index (Phi) is 10.3. The lowest BCUT2D eigenvalue weighted by atomic mass is 9.94. The number of furan rings is 1. The van der Waals surface area contributed by atoms with Gasteiger partial charge in [-0.3, -0.25) is 9.36 Å². The van der Waals surface area contributed by atoms with E-state index in [0.29, 0.717) is 70.5 Å². The van der Waals surface area contributed by atoms with Gasteiger partial charge in [-0.2, -0.15) is 0 Å². The Morgan fingerprint density at radius 2 is 1.91 bits per heavy atom. The number of hydrogen-bond acceptors (Lipinski definition) is 9. The van der Waals surface area contributed by atoms with Crippen molar-refractivity contribution in [3.8, 4) is 17.1 Å². The summed E-state index contributed by atoms with van der Waals surface area (Å²) < 4.78 is 25.0. The fraction of sp³-hybridized carbons (Fsp3) is 0.294. The van der Waals surface area contributed by atoms with Crippen molar-refractivity contribution in [2.24, 2.45) is 4.99 Å². The molecule has 1 aliphatic rings. The van der Waals surface area contributed by atoms with E-state index in [2.05, 4.69) is 15.9 Å². The van der Waals surface area contributed by atoms with Gasteiger partial charge in [0, 0.05) is 16.7 Å². The van der Waals surface area contributed by atoms with Crippen molar-refractivity contribution in [2.45, 2.75) is 52.7 Å². The lowest BCUT2D eigenvalue weighted by Gasteiger charge is -2.26. The first-order chi connectivity index (χ1) is 22.1. The summed E-state index contributed by atoms with van der Waals surface area (Å²) in [6, 6.07) is 12.9. The Bertz CT molecular complexity index is 2020. The third-order valence-electron chi connectivity index (χ3n) is 7.09. The van der Waals surface area contributed by atoms with Gasteiger partial charge in [0.2, 0.25) is 0 Å². The van der Waals surface area contributed by atoms with Crippen molar-refractivity contribution in [2.75, 3.05) is 13.7 Å². The van der Waals surface area contributed by atoms with Gasteiger partial charge < -0.3 is 18.6 Å². The van der Waals surface area contributed by atoms with Crippen molar-refractivity contribution >= 4 is 56.9 Å². The standard InChI is InChI=1S/C34H32BrClN2O7S/c1-6-8-25-29(33(41)43-7-2)30(19-9-13-27(42-5)24(35)15-19)38-31(39)28(46-34(38)37-25)17-21-11-14-26(45-21)23-16-20(36)10-12-22(23)32(40)44-18(3)4/h9-18,30H,6-8H2,1-5H3/b28-17+/t30-/m0/s1. The minimum absolute atomic E-state index is 0.176. The highest BCUT2D eigenvalue weighted by Crippen LogP contribution is 2.36. The summed E-state index contributed by atoms with van der Waals surface area (Å²) in [5.41, 5.74) is 2.01. The van der Waals surface area contributed by atoms with Gasteiger partial charge in [0.05, 0.1) is 51.7 Å². The summed E-state index contributed by atoms with van der Waals surface area (Å²) >= 11 is 11.0. The molecule has 0 N–H and O–H groups in total. The molecular weight excluding hydrogens is 696 g/mol. The number of aromatic nitrogens is 1. The van der Waals surface area contributed by atoms with Gasteiger partial charge >= 0.3 is 11.9 Å². The fourth-order valence-corrected chi connectivity index (χ4v) is 6.90. The number of halogens is 2. The van der Waals surface area contributed by atoms with Crippen molar-refractivity contribution in [3.63, 3.8) is 0 Å². The zero-order valence-corrected chi connectivity index (χ0v) is 29.0. The zero-order chi connectivity index (χ0) is 33.1. The van der Waals surface area contributed by atoms with Crippen LogP contribution in [0.4, 0.5) is 0 Å². The largest absolute Gasteiger partial charge is 0.496 e. The van der Waals surface area contributed by atoms with E-state index in [1.165, 1.54) is 15.9 Å². The molecule has 0 saturated carbocycles. The molecule has 0 saturated heterocycles. The number of hydrogen-bond donors (Lipinski definition) is 0. The lowest BCUT2D eigenvalue weighted by Crippen LogP contribution is -2.40. The molecule has 4 aromatic rings. The molecule has 2 aromatic carbocycles. The van der Waals surface area contributed by atoms with Gasteiger partial charge in [-0.05, 0) is 91.1 Å². The third kappa shape index (κ3) is 6.77. The number of allylic oxidation sites excluding steroid dienone is 1. The molecule has 0 spiro atoms. The highest BCUT2D eigenvalue weighted by atomic mass is 79.9. The number of carbonyl (C=O) groups is 2. The molecule has 0 amide bonds. The molecule has 0 bridgehead atoms. The maximum Gasteiger partial charge on any atom is 0.339 e. The maximum absolute atomic E-state index is 14.1. The second kappa shape index (κ2) is 14.2. The number of rotatable bonds is 10. The topological polar surface area (TPSA) is 109 Å². The van der Waals surface area contributed by atoms with E-state index in [-0.39, 0.29) is 18.3 Å². The predicted octanol–water partition coefficient (Wildman–Crippen LogP) is 6.83. The molecule has 3 heterocycles. The molecule has 12 heteroatoms. The molecule has 46 heavy (non-hydrogen) atoms. The van der Waals surface area contributed by atoms with E-state index in [4.69, 9.17) is 35.2 Å². The Morgan fingerprint density at radius 1 is 1.13 bits per heavy atom. The number of fused-ring (bicyclic) bond motifs is 1. The van der Waals surface area contributed by atoms with Gasteiger partial charge in [0.25, 0.3) is 5.56 Å². The van der Waals surface area contributed by atoms with Crippen LogP contribution in [0.1, 0.15) is 68.3 Å². The number of benzene rings is 2. The first-order valence-electron chi connectivity index (χ1n) is 14.7. The highest BCUT2D eigenvalue weighted by Gasteiger charge is 2.34. The van der Waals surface area contributed by atoms with Gasteiger partial charge in [-0.15, -0.1) is 0 Å². The summed E-state index contributed by atoms with van der Waals surface area (Å²) in [5.74, 6) is 0.349. The SMILES string of the molecule is CCCC1=C(C(=O)OCC)[C@H](c2ccc(OC)c(Br)c2)n2c(s/c(=C/c3ccc(-c4cc(Cl)ccc4C(=O)OC(C)C)o3)c2=O)=N1. The van der Waals surface area contributed by atoms with Crippen molar-refractivity contribution in [1.29, 1.82) is 0 Å². The Hall–Kier alpha value is -3.93. The van der Waals surface area contributed by atoms with Crippen LogP contribution in [0.15, 0.2) is 78.5 Å². The van der Waals surface area contributed by atoms with Crippen LogP contribution in [-0.4, -0.2) is 36.3 Å². The van der Waals surface area contributed by atoms with E-state index in [0.717, 1.165) is 6.42 Å². The quantitative estimate of drug-likeness (QED) is 0.165. The first kappa shape index (κ1) is 33.4. The van der Waals surface area contributed by atoms with Crippen LogP contribution in [0.3, 0.4) is 0 Å². The van der Waals surface area contributed by atoms with Crippen LogP contribution < -0.4 is 19.6 Å². The van der Waals surface area contributed by atoms with Gasteiger partial charge in [0.15, 0.2) is 4.80 Å². The second-order valence-corrected chi connectivity index (χ2v) is 13.0. The Morgan fingerprint density at radius 3 is 2.59 bits per heavy atom. The molecule has 5 rings (SSSR count). The molecule has 240 valence electrons. The number of carbonyl (C=O) groups excluding carboxylic acids is 2. The smallest absolute Gasteiger partial charge is 0.339 e. The molecule has 0 radical (unpaired) electrons. The normalized spacial score (nSPS) is 14.7. The van der Waals surface area contributed by atoms with Crippen LogP contribution in [-0.2, 0) is 14.3 Å². The summed E-state index contributed by atoms with van der Waals surface area (Å²) in [5, 5.41) is 0.424. The third-order valence-corrected chi connectivity index (χ3v) is 8.93. The van der Waals surface area contributed by atoms with Gasteiger partial charge in [-0.1, -0.05) is 42.3 Å². The average Bonchev–Trinajstić information content (AvgIpc) is 3.60. The molecule has 0 aliphatic carbocycles. The predicted molar refractivity (Wildman–Crippen MR) is 180 cm³/mol. The van der Waals surface area contributed by atoms with Crippen LogP contribution >= 0.6 is 38.9 Å². The average molecular weight is 728 g/mol. The second-order valence-electron chi connectivity index (χ2n) is 10.7. The van der Waals surface area contributed by atoms with Crippen molar-refractivity contribution in [3.05, 3.63) is 106 Å². The van der Waals surface area contributed by atoms with Crippen LogP contribution in [0.25, 0.3) is 17.4 Å². The van der Waals surface area contributed by atoms with E-state index >= 15 is 0 Å². The van der Waals surface area contributed by atoms with Crippen molar-refractivity contribution in [1.82, 2.24) is 4.57 Å². The van der Waals surface area contributed by atoms with E-state index in [1.807, 2.05) is 19.1 Å². The van der Waals surface area contributed by atoms with Gasteiger partial charge in [0.1, 0.15) is 17.3 Å². The number of nitrogens with zero attached hydrogens (tertiary/aromatic N) is 2. The summed E-state index contributed by atoms with van der Waals surface area (Å²) in [4.78, 5) is 45.6. The molecular formula is C34H32BrClN2O7S. The van der Waals surface area contributed by atoms with Crippen LogP contribution in [0, 0.1) is 0 Å². The zero-order valence-electron chi connectivity index (χ0n) is 25.9. The summed E-state index contributed by atoms with van der Waals surface area (Å²) in [6.45, 7) is 7.46. The number of esters is 2. The minimum atomic E-state index is -0.783. The van der Waals surface area contributed by atoms with Gasteiger partial charge in [-0.25, -0.2) is 14.6 Å². The van der Waals surface area contributed by atoms with Crippen LogP contribution in [0.5, 0.6) is 5.75 Å². The van der Waals surface area contributed by atoms with Crippen molar-refractivity contribution < 1.29 is 28.2 Å².